The summed E-state index contributed by atoms with van der Waals surface area (Å²) in [6, 6.07) is 0.386. The summed E-state index contributed by atoms with van der Waals surface area (Å²) in [7, 11) is 1.79. The van der Waals surface area contributed by atoms with E-state index in [-0.39, 0.29) is 0 Å². The first-order valence-corrected chi connectivity index (χ1v) is 9.28. The summed E-state index contributed by atoms with van der Waals surface area (Å²) < 4.78 is 5.22. The summed E-state index contributed by atoms with van der Waals surface area (Å²) in [5.74, 6) is 1.59. The maximum absolute atomic E-state index is 6.48. The molecule has 0 spiro atoms. The van der Waals surface area contributed by atoms with Gasteiger partial charge >= 0.3 is 0 Å². The summed E-state index contributed by atoms with van der Waals surface area (Å²) in [6.45, 7) is 4.16. The fourth-order valence-corrected chi connectivity index (χ4v) is 4.29. The average molecular weight is 296 g/mol. The van der Waals surface area contributed by atoms with Crippen molar-refractivity contribution in [3.05, 3.63) is 0 Å². The Kier molecular flexibility index (Phi) is 8.05. The van der Waals surface area contributed by atoms with Crippen LogP contribution in [0.3, 0.4) is 0 Å². The normalized spacial score (nSPS) is 31.1. The fraction of sp³-hybridized carbons (Fsp3) is 1.00. The fourth-order valence-electron chi connectivity index (χ4n) is 4.29. The summed E-state index contributed by atoms with van der Waals surface area (Å²) in [5.41, 5.74) is 6.48. The molecule has 2 N–H and O–H groups in total. The minimum absolute atomic E-state index is 0.386. The highest BCUT2D eigenvalue weighted by atomic mass is 16.5. The molecule has 0 bridgehead atoms. The van der Waals surface area contributed by atoms with Gasteiger partial charge in [-0.05, 0) is 11.8 Å². The number of nitrogens with zero attached hydrogens (tertiary/aromatic N) is 1. The van der Waals surface area contributed by atoms with Crippen molar-refractivity contribution < 1.29 is 4.74 Å². The average Bonchev–Trinajstić information content (AvgIpc) is 2.82. The predicted octanol–water partition coefficient (Wildman–Crippen LogP) is 3.42. The van der Waals surface area contributed by atoms with Crippen LogP contribution in [-0.4, -0.2) is 44.3 Å². The highest BCUT2D eigenvalue weighted by Gasteiger charge is 2.34. The zero-order chi connectivity index (χ0) is 14.9. The zero-order valence-corrected chi connectivity index (χ0v) is 14.1. The van der Waals surface area contributed by atoms with Crippen LogP contribution in [0.1, 0.15) is 64.2 Å². The van der Waals surface area contributed by atoms with Crippen molar-refractivity contribution in [2.75, 3.05) is 33.4 Å². The van der Waals surface area contributed by atoms with Crippen LogP contribution < -0.4 is 5.73 Å². The van der Waals surface area contributed by atoms with Crippen molar-refractivity contribution in [1.82, 2.24) is 4.90 Å². The van der Waals surface area contributed by atoms with Crippen molar-refractivity contribution >= 4 is 0 Å². The third-order valence-electron chi connectivity index (χ3n) is 5.60. The highest BCUT2D eigenvalue weighted by molar-refractivity contribution is 4.90. The lowest BCUT2D eigenvalue weighted by Gasteiger charge is -2.26. The zero-order valence-electron chi connectivity index (χ0n) is 14.1. The molecule has 0 aromatic carbocycles. The number of hydrogen-bond donors (Lipinski definition) is 1. The molecule has 0 aromatic heterocycles. The van der Waals surface area contributed by atoms with Crippen molar-refractivity contribution in [2.45, 2.75) is 70.3 Å². The second-order valence-corrected chi connectivity index (χ2v) is 7.25. The number of hydrogen-bond acceptors (Lipinski definition) is 3. The van der Waals surface area contributed by atoms with Gasteiger partial charge in [-0.15, -0.1) is 0 Å². The van der Waals surface area contributed by atoms with Gasteiger partial charge in [-0.1, -0.05) is 64.2 Å². The maximum Gasteiger partial charge on any atom is 0.0589 e. The molecule has 21 heavy (non-hydrogen) atoms. The van der Waals surface area contributed by atoms with Crippen molar-refractivity contribution in [3.8, 4) is 0 Å². The van der Waals surface area contributed by atoms with Crippen molar-refractivity contribution in [3.63, 3.8) is 0 Å². The number of likely N-dealkylation sites (tertiary alicyclic amines) is 1. The molecule has 124 valence electrons. The largest absolute Gasteiger partial charge is 0.383 e. The second kappa shape index (κ2) is 9.81. The van der Waals surface area contributed by atoms with E-state index < -0.39 is 0 Å². The molecule has 1 aliphatic carbocycles. The van der Waals surface area contributed by atoms with E-state index in [9.17, 15) is 0 Å². The molecule has 0 radical (unpaired) electrons. The molecular weight excluding hydrogens is 260 g/mol. The van der Waals surface area contributed by atoms with Gasteiger partial charge < -0.3 is 10.5 Å². The SMILES string of the molecule is COCCN1CC(C2CCCCCCCCCC2)[C@H](N)C1. The number of rotatable bonds is 4. The minimum atomic E-state index is 0.386. The Bertz CT molecular complexity index is 260. The van der Waals surface area contributed by atoms with E-state index in [0.29, 0.717) is 6.04 Å². The first-order chi connectivity index (χ1) is 10.3. The van der Waals surface area contributed by atoms with Gasteiger partial charge in [-0.2, -0.15) is 0 Å². The van der Waals surface area contributed by atoms with Gasteiger partial charge in [-0.25, -0.2) is 0 Å². The molecule has 1 aliphatic heterocycles. The monoisotopic (exact) mass is 296 g/mol. The highest BCUT2D eigenvalue weighted by Crippen LogP contribution is 2.32. The quantitative estimate of drug-likeness (QED) is 0.864. The maximum atomic E-state index is 6.48. The standard InChI is InChI=1S/C18H36N2O/c1-21-13-12-20-14-17(18(19)15-20)16-10-8-6-4-2-3-5-7-9-11-16/h16-18H,2-15,19H2,1H3/t17?,18-/m1/s1. The van der Waals surface area contributed by atoms with Crippen molar-refractivity contribution in [1.29, 1.82) is 0 Å². The first-order valence-electron chi connectivity index (χ1n) is 9.28. The lowest BCUT2D eigenvalue weighted by molar-refractivity contribution is 0.155. The summed E-state index contributed by atoms with van der Waals surface area (Å²) >= 11 is 0. The van der Waals surface area contributed by atoms with Crippen LogP contribution in [0, 0.1) is 11.8 Å². The summed E-state index contributed by atoms with van der Waals surface area (Å²) in [6.07, 6.45) is 14.4. The number of nitrogens with two attached hydrogens (primary N) is 1. The number of ether oxygens (including phenoxy) is 1. The molecular formula is C18H36N2O. The van der Waals surface area contributed by atoms with Crippen LogP contribution in [0.2, 0.25) is 0 Å². The molecule has 1 saturated carbocycles. The Morgan fingerprint density at radius 2 is 1.48 bits per heavy atom. The Labute approximate surface area is 131 Å². The Morgan fingerprint density at radius 3 is 2.05 bits per heavy atom. The molecule has 1 saturated heterocycles. The van der Waals surface area contributed by atoms with Crippen LogP contribution >= 0.6 is 0 Å². The van der Waals surface area contributed by atoms with E-state index in [1.165, 1.54) is 70.8 Å². The molecule has 2 fully saturated rings. The van der Waals surface area contributed by atoms with E-state index in [2.05, 4.69) is 4.90 Å². The van der Waals surface area contributed by atoms with Gasteiger partial charge in [0.25, 0.3) is 0 Å². The van der Waals surface area contributed by atoms with Crippen LogP contribution in [0.15, 0.2) is 0 Å². The molecule has 3 heteroatoms. The first kappa shape index (κ1) is 17.2. The molecule has 2 atom stereocenters. The summed E-state index contributed by atoms with van der Waals surface area (Å²) in [5, 5.41) is 0. The van der Waals surface area contributed by atoms with Crippen molar-refractivity contribution in [2.24, 2.45) is 17.6 Å². The minimum Gasteiger partial charge on any atom is -0.383 e. The van der Waals surface area contributed by atoms with Gasteiger partial charge in [0.15, 0.2) is 0 Å². The van der Waals surface area contributed by atoms with Crippen LogP contribution in [0.4, 0.5) is 0 Å². The van der Waals surface area contributed by atoms with E-state index in [1.807, 2.05) is 0 Å². The number of methoxy groups -OCH3 is 1. The molecule has 1 heterocycles. The third kappa shape index (κ3) is 5.88. The van der Waals surface area contributed by atoms with E-state index in [4.69, 9.17) is 10.5 Å². The van der Waals surface area contributed by atoms with Gasteiger partial charge in [0.1, 0.15) is 0 Å². The van der Waals surface area contributed by atoms with E-state index >= 15 is 0 Å². The van der Waals surface area contributed by atoms with Gasteiger partial charge in [-0.3, -0.25) is 4.90 Å². The topological polar surface area (TPSA) is 38.5 Å². The van der Waals surface area contributed by atoms with Crippen LogP contribution in [0.25, 0.3) is 0 Å². The molecule has 2 aliphatic rings. The molecule has 2 rings (SSSR count). The van der Waals surface area contributed by atoms with E-state index in [1.54, 1.807) is 7.11 Å². The Hall–Kier alpha value is -0.120. The molecule has 3 nitrogen and oxygen atoms in total. The third-order valence-corrected chi connectivity index (χ3v) is 5.60. The van der Waals surface area contributed by atoms with Crippen LogP contribution in [0.5, 0.6) is 0 Å². The van der Waals surface area contributed by atoms with Gasteiger partial charge in [0.05, 0.1) is 6.61 Å². The predicted molar refractivity (Wildman–Crippen MR) is 89.4 cm³/mol. The van der Waals surface area contributed by atoms with Gasteiger partial charge in [0, 0.05) is 32.8 Å². The Balaban J connectivity index is 1.83. The molecule has 1 unspecified atom stereocenters. The van der Waals surface area contributed by atoms with Gasteiger partial charge in [0.2, 0.25) is 0 Å². The molecule has 0 amide bonds. The van der Waals surface area contributed by atoms with Crippen LogP contribution in [-0.2, 0) is 4.74 Å². The molecule has 0 aromatic rings. The smallest absolute Gasteiger partial charge is 0.0589 e. The Morgan fingerprint density at radius 1 is 0.905 bits per heavy atom. The lowest BCUT2D eigenvalue weighted by atomic mass is 9.81. The lowest BCUT2D eigenvalue weighted by Crippen LogP contribution is -2.34. The second-order valence-electron chi connectivity index (χ2n) is 7.25. The summed E-state index contributed by atoms with van der Waals surface area (Å²) in [4.78, 5) is 2.52. The van der Waals surface area contributed by atoms with E-state index in [0.717, 1.165) is 31.5 Å².